The Kier molecular flexibility index (Phi) is 6.46. The van der Waals surface area contributed by atoms with Crippen molar-refractivity contribution in [2.45, 2.75) is 51.5 Å². The molecule has 0 spiro atoms. The van der Waals surface area contributed by atoms with Crippen LogP contribution >= 0.6 is 0 Å². The van der Waals surface area contributed by atoms with Gasteiger partial charge in [-0.1, -0.05) is 32.6 Å². The quantitative estimate of drug-likeness (QED) is 0.446. The van der Waals surface area contributed by atoms with E-state index in [0.717, 1.165) is 12.8 Å². The van der Waals surface area contributed by atoms with Gasteiger partial charge in [0.1, 0.15) is 0 Å². The summed E-state index contributed by atoms with van der Waals surface area (Å²) >= 11 is 0. The number of guanidine groups is 1. The van der Waals surface area contributed by atoms with E-state index in [2.05, 4.69) is 10.3 Å². The summed E-state index contributed by atoms with van der Waals surface area (Å²) in [5.41, 5.74) is 5.77. The fourth-order valence-electron chi connectivity index (χ4n) is 2.13. The monoisotopic (exact) mass is 275 g/mol. The lowest BCUT2D eigenvalue weighted by molar-refractivity contribution is 0.530. The number of hydrogen-bond acceptors (Lipinski definition) is 3. The van der Waals surface area contributed by atoms with Gasteiger partial charge in [0.05, 0.1) is 12.3 Å². The molecule has 0 bridgehead atoms. The third-order valence-corrected chi connectivity index (χ3v) is 5.02. The molecule has 0 saturated heterocycles. The minimum Gasteiger partial charge on any atom is -0.370 e. The number of rotatable bonds is 5. The van der Waals surface area contributed by atoms with Gasteiger partial charge in [-0.15, -0.1) is 0 Å². The topological polar surface area (TPSA) is 84.5 Å². The van der Waals surface area contributed by atoms with E-state index in [-0.39, 0.29) is 18.1 Å². The third kappa shape index (κ3) is 6.23. The van der Waals surface area contributed by atoms with Crippen LogP contribution in [0.1, 0.15) is 45.4 Å². The van der Waals surface area contributed by atoms with Gasteiger partial charge in [0.25, 0.3) is 0 Å². The number of hydrogen-bond donors (Lipinski definition) is 2. The summed E-state index contributed by atoms with van der Waals surface area (Å²) in [6.07, 6.45) is 7.31. The van der Waals surface area contributed by atoms with Gasteiger partial charge < -0.3 is 11.1 Å². The Bertz CT molecular complexity index is 358. The van der Waals surface area contributed by atoms with Gasteiger partial charge in [0.2, 0.25) is 0 Å². The summed E-state index contributed by atoms with van der Waals surface area (Å²) in [7, 11) is -2.94. The standard InChI is InChI=1S/C12H25N3O2S/c1-2-18(16,17)10-9-14-12(13)15-11-7-5-3-4-6-8-11/h11H,2-10H2,1H3,(H3,13,14,15). The normalized spacial score (nSPS) is 19.5. The summed E-state index contributed by atoms with van der Waals surface area (Å²) in [6, 6.07) is 0.402. The fraction of sp³-hybridized carbons (Fsp3) is 0.917. The molecule has 0 radical (unpaired) electrons. The van der Waals surface area contributed by atoms with Crippen LogP contribution in [0.5, 0.6) is 0 Å². The van der Waals surface area contributed by atoms with E-state index in [0.29, 0.717) is 12.0 Å². The summed E-state index contributed by atoms with van der Waals surface area (Å²) in [5.74, 6) is 0.628. The zero-order valence-corrected chi connectivity index (χ0v) is 12.0. The van der Waals surface area contributed by atoms with Crippen LogP contribution in [0.4, 0.5) is 0 Å². The van der Waals surface area contributed by atoms with E-state index >= 15 is 0 Å². The largest absolute Gasteiger partial charge is 0.370 e. The van der Waals surface area contributed by atoms with Crippen molar-refractivity contribution in [2.24, 2.45) is 10.7 Å². The molecular formula is C12H25N3O2S. The van der Waals surface area contributed by atoms with Crippen molar-refractivity contribution in [1.29, 1.82) is 0 Å². The number of nitrogens with zero attached hydrogens (tertiary/aromatic N) is 1. The average molecular weight is 275 g/mol. The molecule has 0 aliphatic heterocycles. The minimum absolute atomic E-state index is 0.0799. The van der Waals surface area contributed by atoms with Crippen molar-refractivity contribution in [3.05, 3.63) is 0 Å². The second-order valence-electron chi connectivity index (χ2n) is 4.84. The van der Waals surface area contributed by atoms with Gasteiger partial charge in [-0.25, -0.2) is 8.42 Å². The zero-order chi connectivity index (χ0) is 13.4. The van der Waals surface area contributed by atoms with Crippen molar-refractivity contribution in [1.82, 2.24) is 5.32 Å². The van der Waals surface area contributed by atoms with Crippen LogP contribution in [0.25, 0.3) is 0 Å². The molecule has 0 aromatic rings. The van der Waals surface area contributed by atoms with E-state index in [1.165, 1.54) is 25.7 Å². The SMILES string of the molecule is CCS(=O)(=O)CCN=C(N)NC1CCCCCC1. The Hall–Kier alpha value is -0.780. The van der Waals surface area contributed by atoms with E-state index < -0.39 is 9.84 Å². The molecule has 1 rings (SSSR count). The lowest BCUT2D eigenvalue weighted by Gasteiger charge is -2.16. The summed E-state index contributed by atoms with van der Waals surface area (Å²) in [6.45, 7) is 1.90. The van der Waals surface area contributed by atoms with E-state index in [1.807, 2.05) is 0 Å². The highest BCUT2D eigenvalue weighted by Gasteiger charge is 2.12. The molecule has 0 amide bonds. The first-order valence-electron chi connectivity index (χ1n) is 6.80. The maximum atomic E-state index is 11.3. The molecule has 0 atom stereocenters. The second kappa shape index (κ2) is 7.61. The van der Waals surface area contributed by atoms with Crippen molar-refractivity contribution < 1.29 is 8.42 Å². The van der Waals surface area contributed by atoms with Gasteiger partial charge in [-0.3, -0.25) is 4.99 Å². The van der Waals surface area contributed by atoms with Crippen LogP contribution in [0, 0.1) is 0 Å². The molecule has 0 unspecified atom stereocenters. The predicted octanol–water partition coefficient (Wildman–Crippen LogP) is 1.05. The zero-order valence-electron chi connectivity index (χ0n) is 11.2. The van der Waals surface area contributed by atoms with Crippen LogP contribution in [-0.2, 0) is 9.84 Å². The molecule has 1 fully saturated rings. The molecule has 106 valence electrons. The Morgan fingerprint density at radius 3 is 2.44 bits per heavy atom. The molecule has 0 aromatic heterocycles. The van der Waals surface area contributed by atoms with Gasteiger partial charge in [0, 0.05) is 11.8 Å². The Morgan fingerprint density at radius 1 is 1.28 bits per heavy atom. The van der Waals surface area contributed by atoms with Crippen molar-refractivity contribution in [2.75, 3.05) is 18.1 Å². The van der Waals surface area contributed by atoms with Crippen molar-refractivity contribution in [3.63, 3.8) is 0 Å². The van der Waals surface area contributed by atoms with Crippen LogP contribution in [-0.4, -0.2) is 38.5 Å². The Morgan fingerprint density at radius 2 is 1.89 bits per heavy atom. The van der Waals surface area contributed by atoms with Crippen LogP contribution in [0.2, 0.25) is 0 Å². The molecule has 1 saturated carbocycles. The summed E-state index contributed by atoms with van der Waals surface area (Å²) in [4.78, 5) is 4.09. The van der Waals surface area contributed by atoms with Crippen molar-refractivity contribution >= 4 is 15.8 Å². The maximum absolute atomic E-state index is 11.3. The molecule has 6 heteroatoms. The second-order valence-corrected chi connectivity index (χ2v) is 7.31. The molecule has 1 aliphatic rings. The van der Waals surface area contributed by atoms with Gasteiger partial charge in [-0.05, 0) is 12.8 Å². The average Bonchev–Trinajstić information content (AvgIpc) is 2.57. The summed E-state index contributed by atoms with van der Waals surface area (Å²) in [5, 5.41) is 3.20. The number of nitrogens with two attached hydrogens (primary N) is 1. The lowest BCUT2D eigenvalue weighted by Crippen LogP contribution is -2.40. The first-order chi connectivity index (χ1) is 8.53. The third-order valence-electron chi connectivity index (χ3n) is 3.33. The number of aliphatic imine (C=N–C) groups is 1. The first kappa shape index (κ1) is 15.3. The van der Waals surface area contributed by atoms with Gasteiger partial charge >= 0.3 is 0 Å². The highest BCUT2D eigenvalue weighted by molar-refractivity contribution is 7.91. The molecule has 1 aliphatic carbocycles. The Labute approximate surface area is 110 Å². The van der Waals surface area contributed by atoms with Gasteiger partial charge in [0.15, 0.2) is 15.8 Å². The Balaban J connectivity index is 2.32. The lowest BCUT2D eigenvalue weighted by atomic mass is 10.1. The van der Waals surface area contributed by atoms with Crippen LogP contribution in [0.3, 0.4) is 0 Å². The number of nitrogens with one attached hydrogen (secondary N) is 1. The highest BCUT2D eigenvalue weighted by Crippen LogP contribution is 2.16. The number of sulfone groups is 1. The highest BCUT2D eigenvalue weighted by atomic mass is 32.2. The molecule has 5 nitrogen and oxygen atoms in total. The van der Waals surface area contributed by atoms with E-state index in [9.17, 15) is 8.42 Å². The molecule has 18 heavy (non-hydrogen) atoms. The van der Waals surface area contributed by atoms with Crippen molar-refractivity contribution in [3.8, 4) is 0 Å². The van der Waals surface area contributed by atoms with E-state index in [4.69, 9.17) is 5.73 Å². The smallest absolute Gasteiger partial charge is 0.188 e. The molecule has 0 heterocycles. The minimum atomic E-state index is -2.94. The van der Waals surface area contributed by atoms with Crippen LogP contribution in [0.15, 0.2) is 4.99 Å². The molecular weight excluding hydrogens is 250 g/mol. The molecule has 3 N–H and O–H groups in total. The summed E-state index contributed by atoms with van der Waals surface area (Å²) < 4.78 is 22.6. The maximum Gasteiger partial charge on any atom is 0.188 e. The molecule has 0 aromatic carbocycles. The van der Waals surface area contributed by atoms with Gasteiger partial charge in [-0.2, -0.15) is 0 Å². The van der Waals surface area contributed by atoms with E-state index in [1.54, 1.807) is 6.92 Å². The fourth-order valence-corrected chi connectivity index (χ4v) is 2.79. The first-order valence-corrected chi connectivity index (χ1v) is 8.62. The predicted molar refractivity (Wildman–Crippen MR) is 75.4 cm³/mol. The van der Waals surface area contributed by atoms with Crippen LogP contribution < -0.4 is 11.1 Å².